The minimum atomic E-state index is 0.382. The lowest BCUT2D eigenvalue weighted by Crippen LogP contribution is -2.24. The molecule has 0 fully saturated rings. The zero-order chi connectivity index (χ0) is 23.9. The Balaban J connectivity index is 1.45. The predicted molar refractivity (Wildman–Crippen MR) is 150 cm³/mol. The first-order valence-corrected chi connectivity index (χ1v) is 12.4. The molecule has 1 unspecified atom stereocenters. The van der Waals surface area contributed by atoms with E-state index in [2.05, 4.69) is 134 Å². The number of hydrogen-bond acceptors (Lipinski definition) is 1. The molecule has 5 aromatic rings. The quantitative estimate of drug-likeness (QED) is 0.287. The normalized spacial score (nSPS) is 15.8. The summed E-state index contributed by atoms with van der Waals surface area (Å²) in [7, 11) is 0. The van der Waals surface area contributed by atoms with Gasteiger partial charge in [0.05, 0.1) is 0 Å². The van der Waals surface area contributed by atoms with E-state index in [9.17, 15) is 0 Å². The fourth-order valence-corrected chi connectivity index (χ4v) is 5.45. The van der Waals surface area contributed by atoms with Gasteiger partial charge >= 0.3 is 0 Å². The van der Waals surface area contributed by atoms with Crippen molar-refractivity contribution >= 4 is 38.8 Å². The fourth-order valence-electron chi connectivity index (χ4n) is 5.45. The Morgan fingerprint density at radius 1 is 0.686 bits per heavy atom. The van der Waals surface area contributed by atoms with Crippen molar-refractivity contribution < 1.29 is 0 Å². The maximum atomic E-state index is 3.55. The molecule has 35 heavy (non-hydrogen) atoms. The molecule has 0 amide bonds. The van der Waals surface area contributed by atoms with Crippen LogP contribution >= 0.6 is 0 Å². The van der Waals surface area contributed by atoms with Crippen molar-refractivity contribution in [3.63, 3.8) is 0 Å². The zero-order valence-corrected chi connectivity index (χ0v) is 20.5. The second-order valence-corrected chi connectivity index (χ2v) is 9.73. The zero-order valence-electron chi connectivity index (χ0n) is 20.5. The number of rotatable bonds is 4. The summed E-state index contributed by atoms with van der Waals surface area (Å²) in [4.78, 5) is 6.01. The van der Waals surface area contributed by atoms with E-state index in [0.29, 0.717) is 5.92 Å². The first-order valence-electron chi connectivity index (χ1n) is 12.4. The molecule has 1 atom stereocenters. The van der Waals surface area contributed by atoms with Gasteiger partial charge in [-0.05, 0) is 78.9 Å². The molecule has 0 radical (unpaired) electrons. The summed E-state index contributed by atoms with van der Waals surface area (Å²) in [6.07, 6.45) is 5.67. The van der Waals surface area contributed by atoms with Crippen LogP contribution in [0.2, 0.25) is 0 Å². The number of aromatic amines is 1. The third-order valence-corrected chi connectivity index (χ3v) is 7.33. The third-order valence-electron chi connectivity index (χ3n) is 7.33. The van der Waals surface area contributed by atoms with Gasteiger partial charge in [-0.15, -0.1) is 0 Å². The molecule has 0 spiro atoms. The van der Waals surface area contributed by atoms with E-state index in [1.165, 1.54) is 61.1 Å². The first-order chi connectivity index (χ1) is 17.1. The van der Waals surface area contributed by atoms with Gasteiger partial charge < -0.3 is 9.88 Å². The summed E-state index contributed by atoms with van der Waals surface area (Å²) in [6, 6.07) is 32.8. The van der Waals surface area contributed by atoms with Crippen molar-refractivity contribution in [1.29, 1.82) is 0 Å². The molecular formula is C33H30N2. The molecule has 1 aliphatic carbocycles. The highest BCUT2D eigenvalue weighted by Crippen LogP contribution is 2.41. The predicted octanol–water partition coefficient (Wildman–Crippen LogP) is 9.08. The number of aromatic nitrogens is 1. The molecule has 0 aliphatic heterocycles. The van der Waals surface area contributed by atoms with E-state index in [1.807, 2.05) is 0 Å². The Labute approximate surface area is 207 Å². The number of fused-ring (bicyclic) bond motifs is 3. The summed E-state index contributed by atoms with van der Waals surface area (Å²) in [5.74, 6) is 0.382. The largest absolute Gasteiger partial charge is 0.355 e. The van der Waals surface area contributed by atoms with Gasteiger partial charge in [0.15, 0.2) is 0 Å². The third kappa shape index (κ3) is 3.76. The minimum Gasteiger partial charge on any atom is -0.355 e. The lowest BCUT2D eigenvalue weighted by atomic mass is 9.87. The molecule has 6 rings (SSSR count). The van der Waals surface area contributed by atoms with Crippen LogP contribution in [0, 0.1) is 19.8 Å². The molecule has 2 heteroatoms. The van der Waals surface area contributed by atoms with Gasteiger partial charge in [-0.3, -0.25) is 0 Å². The summed E-state index contributed by atoms with van der Waals surface area (Å²) in [5.41, 5.74) is 11.5. The number of benzene rings is 4. The van der Waals surface area contributed by atoms with Crippen molar-refractivity contribution in [2.24, 2.45) is 5.92 Å². The molecule has 0 saturated heterocycles. The number of hydrogen-bond donors (Lipinski definition) is 1. The number of nitrogens with one attached hydrogen (secondary N) is 1. The maximum Gasteiger partial charge on any atom is 0.0487 e. The number of nitrogens with zero attached hydrogens (tertiary/aromatic N) is 1. The summed E-state index contributed by atoms with van der Waals surface area (Å²) in [6.45, 7) is 6.76. The van der Waals surface area contributed by atoms with Crippen LogP contribution in [0.5, 0.6) is 0 Å². The van der Waals surface area contributed by atoms with E-state index in [0.717, 1.165) is 6.42 Å². The number of H-pyrrole nitrogens is 1. The average Bonchev–Trinajstić information content (AvgIpc) is 3.25. The molecule has 1 heterocycles. The first kappa shape index (κ1) is 21.5. The molecular weight excluding hydrogens is 424 g/mol. The van der Waals surface area contributed by atoms with E-state index in [1.54, 1.807) is 0 Å². The van der Waals surface area contributed by atoms with Crippen LogP contribution in [-0.2, 0) is 0 Å². The number of allylic oxidation sites excluding steroid dienone is 4. The SMILES string of the molecule is Cc1ccccc1N(C1=CC=C(c2ccc3[nH]c4ccccc4c3c2)CC1C)c1ccccc1C. The highest BCUT2D eigenvalue weighted by atomic mass is 15.2. The molecule has 0 saturated carbocycles. The molecule has 2 nitrogen and oxygen atoms in total. The van der Waals surface area contributed by atoms with Crippen molar-refractivity contribution in [1.82, 2.24) is 4.98 Å². The van der Waals surface area contributed by atoms with Gasteiger partial charge in [0.1, 0.15) is 0 Å². The highest BCUT2D eigenvalue weighted by molar-refractivity contribution is 6.08. The molecule has 1 aromatic heterocycles. The van der Waals surface area contributed by atoms with E-state index < -0.39 is 0 Å². The molecule has 1 N–H and O–H groups in total. The Kier molecular flexibility index (Phi) is 5.30. The Morgan fingerprint density at radius 3 is 2.00 bits per heavy atom. The summed E-state index contributed by atoms with van der Waals surface area (Å²) >= 11 is 0. The van der Waals surface area contributed by atoms with E-state index in [-0.39, 0.29) is 0 Å². The second-order valence-electron chi connectivity index (χ2n) is 9.73. The number of anilines is 2. The smallest absolute Gasteiger partial charge is 0.0487 e. The summed E-state index contributed by atoms with van der Waals surface area (Å²) in [5, 5.41) is 2.58. The van der Waals surface area contributed by atoms with Gasteiger partial charge in [0.2, 0.25) is 0 Å². The monoisotopic (exact) mass is 454 g/mol. The van der Waals surface area contributed by atoms with Gasteiger partial charge in [0, 0.05) is 44.8 Å². The molecule has 172 valence electrons. The number of aryl methyl sites for hydroxylation is 2. The average molecular weight is 455 g/mol. The van der Waals surface area contributed by atoms with Crippen molar-refractivity contribution in [2.75, 3.05) is 4.90 Å². The number of para-hydroxylation sites is 3. The Morgan fingerprint density at radius 2 is 1.31 bits per heavy atom. The van der Waals surface area contributed by atoms with Gasteiger partial charge in [-0.1, -0.05) is 73.7 Å². The van der Waals surface area contributed by atoms with E-state index in [4.69, 9.17) is 0 Å². The van der Waals surface area contributed by atoms with Gasteiger partial charge in [0.25, 0.3) is 0 Å². The molecule has 1 aliphatic rings. The second kappa shape index (κ2) is 8.63. The van der Waals surface area contributed by atoms with Crippen LogP contribution in [0.1, 0.15) is 30.0 Å². The fraction of sp³-hybridized carbons (Fsp3) is 0.152. The van der Waals surface area contributed by atoms with Crippen LogP contribution in [0.3, 0.4) is 0 Å². The van der Waals surface area contributed by atoms with Gasteiger partial charge in [-0.2, -0.15) is 0 Å². The lowest BCUT2D eigenvalue weighted by Gasteiger charge is -2.35. The van der Waals surface area contributed by atoms with Crippen LogP contribution in [0.15, 0.2) is 109 Å². The van der Waals surface area contributed by atoms with E-state index >= 15 is 0 Å². The van der Waals surface area contributed by atoms with Crippen molar-refractivity contribution in [3.8, 4) is 0 Å². The Hall–Kier alpha value is -4.04. The topological polar surface area (TPSA) is 19.0 Å². The van der Waals surface area contributed by atoms with Crippen LogP contribution in [-0.4, -0.2) is 4.98 Å². The minimum absolute atomic E-state index is 0.382. The molecule has 4 aromatic carbocycles. The van der Waals surface area contributed by atoms with Crippen LogP contribution in [0.25, 0.3) is 27.4 Å². The Bertz CT molecular complexity index is 1570. The molecule has 0 bridgehead atoms. The lowest BCUT2D eigenvalue weighted by molar-refractivity contribution is 0.679. The van der Waals surface area contributed by atoms with Gasteiger partial charge in [-0.25, -0.2) is 0 Å². The van der Waals surface area contributed by atoms with Crippen molar-refractivity contribution in [3.05, 3.63) is 126 Å². The maximum absolute atomic E-state index is 3.55. The van der Waals surface area contributed by atoms with Crippen molar-refractivity contribution in [2.45, 2.75) is 27.2 Å². The highest BCUT2D eigenvalue weighted by Gasteiger charge is 2.25. The van der Waals surface area contributed by atoms with Crippen LogP contribution < -0.4 is 4.90 Å². The summed E-state index contributed by atoms with van der Waals surface area (Å²) < 4.78 is 0. The standard InChI is InChI=1S/C33H30N2/c1-22-10-4-8-14-31(22)35(32-15-9-5-11-23(32)2)33-19-17-25(20-24(33)3)26-16-18-30-28(21-26)27-12-6-7-13-29(27)34-30/h4-19,21,24,34H,20H2,1-3H3. The van der Waals surface area contributed by atoms with Crippen LogP contribution in [0.4, 0.5) is 11.4 Å².